The summed E-state index contributed by atoms with van der Waals surface area (Å²) < 4.78 is 24.6. The molecule has 0 bridgehead atoms. The molecule has 0 heterocycles. The monoisotopic (exact) mass is 408 g/mol. The van der Waals surface area contributed by atoms with Crippen LogP contribution in [0.25, 0.3) is 0 Å². The minimum absolute atomic E-state index is 0.286. The second kappa shape index (κ2) is 16.0. The predicted molar refractivity (Wildman–Crippen MR) is 123 cm³/mol. The van der Waals surface area contributed by atoms with Crippen molar-refractivity contribution in [2.45, 2.75) is 121 Å². The maximum atomic E-state index is 12.3. The molecule has 0 aromatic heterocycles. The Balaban J connectivity index is 1.88. The first-order chi connectivity index (χ1) is 13.6. The molecule has 0 spiro atoms. The Hall–Kier alpha value is -0.830. The molecule has 2 nitrogen and oxygen atoms in total. The largest absolute Gasteiger partial charge is 0.224 e. The highest BCUT2D eigenvalue weighted by atomic mass is 32.2. The molecule has 0 radical (unpaired) electrons. The van der Waals surface area contributed by atoms with Gasteiger partial charge in [-0.15, -0.1) is 0 Å². The molecule has 0 aliphatic rings. The van der Waals surface area contributed by atoms with Crippen LogP contribution < -0.4 is 0 Å². The Morgan fingerprint density at radius 1 is 0.571 bits per heavy atom. The topological polar surface area (TPSA) is 34.1 Å². The standard InChI is InChI=1S/C25H44O2S/c1-3-4-5-6-7-8-9-10-11-12-13-14-15-16-17-18-23-28(26,27)25-21-19-24(2)20-22-25/h19-22H,3-18,23H2,1-2H3. The summed E-state index contributed by atoms with van der Waals surface area (Å²) in [5, 5.41) is 0. The second-order valence-electron chi connectivity index (χ2n) is 8.44. The Morgan fingerprint density at radius 3 is 1.32 bits per heavy atom. The van der Waals surface area contributed by atoms with Gasteiger partial charge in [-0.2, -0.15) is 0 Å². The van der Waals surface area contributed by atoms with E-state index in [0.717, 1.165) is 18.4 Å². The third kappa shape index (κ3) is 12.6. The van der Waals surface area contributed by atoms with Crippen LogP contribution in [0.3, 0.4) is 0 Å². The number of sulfone groups is 1. The van der Waals surface area contributed by atoms with Crippen LogP contribution in [0.1, 0.15) is 115 Å². The summed E-state index contributed by atoms with van der Waals surface area (Å²) in [6.07, 6.45) is 20.9. The van der Waals surface area contributed by atoms with Gasteiger partial charge in [0.05, 0.1) is 10.6 Å². The van der Waals surface area contributed by atoms with E-state index in [9.17, 15) is 8.42 Å². The van der Waals surface area contributed by atoms with E-state index in [1.807, 2.05) is 19.1 Å². The predicted octanol–water partition coefficient (Wildman–Crippen LogP) is 8.03. The summed E-state index contributed by atoms with van der Waals surface area (Å²) in [4.78, 5) is 0.471. The van der Waals surface area contributed by atoms with E-state index in [1.165, 1.54) is 89.9 Å². The molecule has 0 amide bonds. The molecule has 3 heteroatoms. The Labute approximate surface area is 175 Å². The summed E-state index contributed by atoms with van der Waals surface area (Å²) in [7, 11) is -3.10. The third-order valence-electron chi connectivity index (χ3n) is 5.65. The van der Waals surface area contributed by atoms with Crippen molar-refractivity contribution >= 4 is 9.84 Å². The molecule has 0 unspecified atom stereocenters. The van der Waals surface area contributed by atoms with Gasteiger partial charge in [-0.1, -0.05) is 121 Å². The normalized spacial score (nSPS) is 11.8. The van der Waals surface area contributed by atoms with E-state index in [1.54, 1.807) is 12.1 Å². The summed E-state index contributed by atoms with van der Waals surface area (Å²) in [5.74, 6) is 0.286. The second-order valence-corrected chi connectivity index (χ2v) is 10.5. The molecule has 0 fully saturated rings. The molecule has 0 aliphatic heterocycles. The van der Waals surface area contributed by atoms with Crippen molar-refractivity contribution in [3.63, 3.8) is 0 Å². The highest BCUT2D eigenvalue weighted by Crippen LogP contribution is 2.16. The fraction of sp³-hybridized carbons (Fsp3) is 0.760. The molecular formula is C25H44O2S. The van der Waals surface area contributed by atoms with E-state index in [4.69, 9.17) is 0 Å². The zero-order valence-corrected chi connectivity index (χ0v) is 19.4. The van der Waals surface area contributed by atoms with Crippen LogP contribution in [0.5, 0.6) is 0 Å². The summed E-state index contributed by atoms with van der Waals surface area (Å²) in [6, 6.07) is 7.22. The van der Waals surface area contributed by atoms with E-state index in [-0.39, 0.29) is 5.75 Å². The average molecular weight is 409 g/mol. The maximum absolute atomic E-state index is 12.3. The number of rotatable bonds is 18. The van der Waals surface area contributed by atoms with Gasteiger partial charge in [0.15, 0.2) is 9.84 Å². The van der Waals surface area contributed by atoms with Crippen molar-refractivity contribution in [1.29, 1.82) is 0 Å². The SMILES string of the molecule is CCCCCCCCCCCCCCCCCCS(=O)(=O)c1ccc(C)cc1. The van der Waals surface area contributed by atoms with Gasteiger partial charge in [0.2, 0.25) is 0 Å². The van der Waals surface area contributed by atoms with Gasteiger partial charge in [0, 0.05) is 0 Å². The molecule has 1 rings (SSSR count). The number of hydrogen-bond acceptors (Lipinski definition) is 2. The zero-order chi connectivity index (χ0) is 20.5. The lowest BCUT2D eigenvalue weighted by atomic mass is 10.0. The highest BCUT2D eigenvalue weighted by molar-refractivity contribution is 7.91. The van der Waals surface area contributed by atoms with Crippen LogP contribution in [0.15, 0.2) is 29.2 Å². The fourth-order valence-electron chi connectivity index (χ4n) is 3.70. The maximum Gasteiger partial charge on any atom is 0.178 e. The van der Waals surface area contributed by atoms with E-state index < -0.39 is 9.84 Å². The van der Waals surface area contributed by atoms with Crippen molar-refractivity contribution in [1.82, 2.24) is 0 Å². The van der Waals surface area contributed by atoms with Gasteiger partial charge in [-0.25, -0.2) is 8.42 Å². The molecule has 0 N–H and O–H groups in total. The molecule has 0 aliphatic carbocycles. The number of benzene rings is 1. The number of hydrogen-bond donors (Lipinski definition) is 0. The van der Waals surface area contributed by atoms with Crippen molar-refractivity contribution in [3.05, 3.63) is 29.8 Å². The third-order valence-corrected chi connectivity index (χ3v) is 7.46. The lowest BCUT2D eigenvalue weighted by Gasteiger charge is -2.05. The zero-order valence-electron chi connectivity index (χ0n) is 18.6. The molecule has 0 atom stereocenters. The smallest absolute Gasteiger partial charge is 0.178 e. The molecule has 1 aromatic rings. The van der Waals surface area contributed by atoms with E-state index >= 15 is 0 Å². The van der Waals surface area contributed by atoms with Gasteiger partial charge in [-0.3, -0.25) is 0 Å². The summed E-state index contributed by atoms with van der Waals surface area (Å²) in [6.45, 7) is 4.25. The number of unbranched alkanes of at least 4 members (excludes halogenated alkanes) is 15. The van der Waals surface area contributed by atoms with Crippen LogP contribution >= 0.6 is 0 Å². The molecule has 28 heavy (non-hydrogen) atoms. The van der Waals surface area contributed by atoms with Crippen LogP contribution in [-0.2, 0) is 9.84 Å². The lowest BCUT2D eigenvalue weighted by molar-refractivity contribution is 0.531. The Kier molecular flexibility index (Phi) is 14.4. The van der Waals surface area contributed by atoms with E-state index in [2.05, 4.69) is 6.92 Å². The average Bonchev–Trinajstić information content (AvgIpc) is 2.68. The highest BCUT2D eigenvalue weighted by Gasteiger charge is 2.13. The Bertz CT molecular complexity index is 575. The quantitative estimate of drug-likeness (QED) is 0.230. The minimum atomic E-state index is -3.10. The molecular weight excluding hydrogens is 364 g/mol. The fourth-order valence-corrected chi connectivity index (χ4v) is 5.07. The van der Waals surface area contributed by atoms with Crippen LogP contribution in [0, 0.1) is 6.92 Å². The lowest BCUT2D eigenvalue weighted by Crippen LogP contribution is -2.06. The van der Waals surface area contributed by atoms with Crippen molar-refractivity contribution in [2.24, 2.45) is 0 Å². The van der Waals surface area contributed by atoms with Gasteiger partial charge in [0.1, 0.15) is 0 Å². The first kappa shape index (κ1) is 25.2. The minimum Gasteiger partial charge on any atom is -0.224 e. The molecule has 0 saturated heterocycles. The van der Waals surface area contributed by atoms with Crippen LogP contribution in [-0.4, -0.2) is 14.2 Å². The van der Waals surface area contributed by atoms with Gasteiger partial charge in [0.25, 0.3) is 0 Å². The van der Waals surface area contributed by atoms with Crippen LogP contribution in [0.2, 0.25) is 0 Å². The van der Waals surface area contributed by atoms with Crippen LogP contribution in [0.4, 0.5) is 0 Å². The summed E-state index contributed by atoms with van der Waals surface area (Å²) in [5.41, 5.74) is 1.10. The van der Waals surface area contributed by atoms with Crippen molar-refractivity contribution in [3.8, 4) is 0 Å². The first-order valence-electron chi connectivity index (χ1n) is 11.9. The van der Waals surface area contributed by atoms with Gasteiger partial charge in [-0.05, 0) is 25.5 Å². The van der Waals surface area contributed by atoms with Gasteiger partial charge >= 0.3 is 0 Å². The summed E-state index contributed by atoms with van der Waals surface area (Å²) >= 11 is 0. The molecule has 162 valence electrons. The van der Waals surface area contributed by atoms with Gasteiger partial charge < -0.3 is 0 Å². The molecule has 0 saturated carbocycles. The molecule has 1 aromatic carbocycles. The van der Waals surface area contributed by atoms with E-state index in [0.29, 0.717) is 4.90 Å². The number of aryl methyl sites for hydroxylation is 1. The van der Waals surface area contributed by atoms with Crippen molar-refractivity contribution in [2.75, 3.05) is 5.75 Å². The first-order valence-corrected chi connectivity index (χ1v) is 13.5. The van der Waals surface area contributed by atoms with Crippen molar-refractivity contribution < 1.29 is 8.42 Å². The Morgan fingerprint density at radius 2 is 0.929 bits per heavy atom.